The van der Waals surface area contributed by atoms with Gasteiger partial charge in [-0.25, -0.2) is 4.79 Å². The summed E-state index contributed by atoms with van der Waals surface area (Å²) in [5.41, 5.74) is 2.91. The number of aromatic nitrogens is 2. The third-order valence-electron chi connectivity index (χ3n) is 3.35. The molecule has 0 saturated heterocycles. The lowest BCUT2D eigenvalue weighted by Gasteiger charge is -2.06. The molecule has 2 aromatic carbocycles. The van der Waals surface area contributed by atoms with Crippen molar-refractivity contribution in [2.45, 2.75) is 20.5 Å². The fourth-order valence-electron chi connectivity index (χ4n) is 2.32. The van der Waals surface area contributed by atoms with Crippen LogP contribution in [0.25, 0.3) is 0 Å². The Labute approximate surface area is 160 Å². The summed E-state index contributed by atoms with van der Waals surface area (Å²) in [5.74, 6) is 0.785. The third-order valence-corrected chi connectivity index (χ3v) is 4.41. The van der Waals surface area contributed by atoms with Gasteiger partial charge in [0.25, 0.3) is 0 Å². The minimum absolute atomic E-state index is 0.293. The zero-order valence-corrected chi connectivity index (χ0v) is 15.8. The minimum atomic E-state index is -0.398. The molecular formula is C18H17ClN4O2S. The number of hydrogen-bond donors (Lipinski definition) is 2. The SMILES string of the molecule is Cc1cc(C)cc(OCc2nnc(NC(=O)Nc3ccc(Cl)cc3)s2)c1. The molecule has 0 saturated carbocycles. The molecule has 134 valence electrons. The van der Waals surface area contributed by atoms with Gasteiger partial charge in [-0.05, 0) is 61.4 Å². The minimum Gasteiger partial charge on any atom is -0.486 e. The van der Waals surface area contributed by atoms with E-state index in [0.29, 0.717) is 27.5 Å². The summed E-state index contributed by atoms with van der Waals surface area (Å²) in [6.07, 6.45) is 0. The van der Waals surface area contributed by atoms with Crippen molar-refractivity contribution in [3.8, 4) is 5.75 Å². The van der Waals surface area contributed by atoms with Crippen LogP contribution >= 0.6 is 22.9 Å². The molecule has 1 heterocycles. The van der Waals surface area contributed by atoms with Crippen molar-refractivity contribution in [2.24, 2.45) is 0 Å². The van der Waals surface area contributed by atoms with Crippen LogP contribution in [0, 0.1) is 13.8 Å². The second-order valence-corrected chi connectivity index (χ2v) is 7.20. The van der Waals surface area contributed by atoms with Crippen LogP contribution in [0.5, 0.6) is 5.75 Å². The van der Waals surface area contributed by atoms with Gasteiger partial charge >= 0.3 is 6.03 Å². The van der Waals surface area contributed by atoms with Gasteiger partial charge in [-0.1, -0.05) is 29.0 Å². The van der Waals surface area contributed by atoms with Gasteiger partial charge in [0.2, 0.25) is 5.13 Å². The summed E-state index contributed by atoms with van der Waals surface area (Å²) < 4.78 is 5.75. The first-order valence-electron chi connectivity index (χ1n) is 7.85. The molecule has 0 aliphatic heterocycles. The molecule has 2 N–H and O–H groups in total. The number of hydrogen-bond acceptors (Lipinski definition) is 5. The molecular weight excluding hydrogens is 372 g/mol. The largest absolute Gasteiger partial charge is 0.486 e. The van der Waals surface area contributed by atoms with Crippen molar-refractivity contribution in [3.63, 3.8) is 0 Å². The predicted molar refractivity (Wildman–Crippen MR) is 104 cm³/mol. The number of ether oxygens (including phenoxy) is 1. The van der Waals surface area contributed by atoms with Gasteiger partial charge in [0, 0.05) is 10.7 Å². The molecule has 0 bridgehead atoms. The highest BCUT2D eigenvalue weighted by molar-refractivity contribution is 7.15. The summed E-state index contributed by atoms with van der Waals surface area (Å²) in [6, 6.07) is 12.4. The van der Waals surface area contributed by atoms with Crippen molar-refractivity contribution >= 4 is 39.8 Å². The van der Waals surface area contributed by atoms with E-state index in [1.165, 1.54) is 11.3 Å². The highest BCUT2D eigenvalue weighted by atomic mass is 35.5. The van der Waals surface area contributed by atoms with Crippen LogP contribution < -0.4 is 15.4 Å². The number of nitrogens with one attached hydrogen (secondary N) is 2. The molecule has 0 aliphatic carbocycles. The van der Waals surface area contributed by atoms with Crippen LogP contribution in [0.4, 0.5) is 15.6 Å². The van der Waals surface area contributed by atoms with E-state index in [2.05, 4.69) is 26.9 Å². The van der Waals surface area contributed by atoms with Gasteiger partial charge in [-0.3, -0.25) is 5.32 Å². The molecule has 6 nitrogen and oxygen atoms in total. The van der Waals surface area contributed by atoms with Crippen molar-refractivity contribution < 1.29 is 9.53 Å². The van der Waals surface area contributed by atoms with Gasteiger partial charge in [-0.2, -0.15) is 0 Å². The Kier molecular flexibility index (Phi) is 5.70. The van der Waals surface area contributed by atoms with Crippen LogP contribution in [0.3, 0.4) is 0 Å². The van der Waals surface area contributed by atoms with E-state index in [9.17, 15) is 4.79 Å². The summed E-state index contributed by atoms with van der Waals surface area (Å²) in [6.45, 7) is 4.33. The fraction of sp³-hybridized carbons (Fsp3) is 0.167. The molecule has 0 aliphatic rings. The molecule has 8 heteroatoms. The number of halogens is 1. The van der Waals surface area contributed by atoms with E-state index in [-0.39, 0.29) is 0 Å². The molecule has 0 spiro atoms. The Morgan fingerprint density at radius 2 is 1.77 bits per heavy atom. The Balaban J connectivity index is 1.54. The maximum absolute atomic E-state index is 12.0. The summed E-state index contributed by atoms with van der Waals surface area (Å²) in [5, 5.41) is 15.0. The fourth-order valence-corrected chi connectivity index (χ4v) is 3.09. The second-order valence-electron chi connectivity index (χ2n) is 5.70. The zero-order valence-electron chi connectivity index (χ0n) is 14.2. The van der Waals surface area contributed by atoms with E-state index in [0.717, 1.165) is 16.9 Å². The van der Waals surface area contributed by atoms with Crippen molar-refractivity contribution in [1.82, 2.24) is 10.2 Å². The molecule has 26 heavy (non-hydrogen) atoms. The molecule has 0 unspecified atom stereocenters. The van der Waals surface area contributed by atoms with Crippen molar-refractivity contribution in [1.29, 1.82) is 0 Å². The van der Waals surface area contributed by atoms with E-state index < -0.39 is 6.03 Å². The maximum atomic E-state index is 12.0. The van der Waals surface area contributed by atoms with Crippen LogP contribution in [0.15, 0.2) is 42.5 Å². The molecule has 2 amide bonds. The number of carbonyl (C=O) groups is 1. The summed E-state index contributed by atoms with van der Waals surface area (Å²) in [4.78, 5) is 12.0. The second kappa shape index (κ2) is 8.16. The first kappa shape index (κ1) is 18.2. The monoisotopic (exact) mass is 388 g/mol. The Morgan fingerprint density at radius 3 is 2.46 bits per heavy atom. The molecule has 0 atom stereocenters. The molecule has 3 aromatic rings. The highest BCUT2D eigenvalue weighted by Gasteiger charge is 2.09. The predicted octanol–water partition coefficient (Wildman–Crippen LogP) is 5.03. The Morgan fingerprint density at radius 1 is 1.08 bits per heavy atom. The van der Waals surface area contributed by atoms with Crippen molar-refractivity contribution in [2.75, 3.05) is 10.6 Å². The van der Waals surface area contributed by atoms with Crippen molar-refractivity contribution in [3.05, 3.63) is 63.6 Å². The summed E-state index contributed by atoms with van der Waals surface area (Å²) >= 11 is 7.08. The first-order valence-corrected chi connectivity index (χ1v) is 9.04. The topological polar surface area (TPSA) is 76.1 Å². The van der Waals surface area contributed by atoms with Gasteiger partial charge in [0.1, 0.15) is 12.4 Å². The molecule has 0 radical (unpaired) electrons. The van der Waals surface area contributed by atoms with Crippen LogP contribution in [0.1, 0.15) is 16.1 Å². The van der Waals surface area contributed by atoms with E-state index in [4.69, 9.17) is 16.3 Å². The average Bonchev–Trinajstić information content (AvgIpc) is 3.01. The highest BCUT2D eigenvalue weighted by Crippen LogP contribution is 2.21. The number of urea groups is 1. The van der Waals surface area contributed by atoms with Crippen LogP contribution in [0.2, 0.25) is 5.02 Å². The zero-order chi connectivity index (χ0) is 18.5. The summed E-state index contributed by atoms with van der Waals surface area (Å²) in [7, 11) is 0. The molecule has 0 fully saturated rings. The van der Waals surface area contributed by atoms with Crippen LogP contribution in [-0.4, -0.2) is 16.2 Å². The van der Waals surface area contributed by atoms with E-state index in [1.807, 2.05) is 26.0 Å². The lowest BCUT2D eigenvalue weighted by atomic mass is 10.1. The van der Waals surface area contributed by atoms with Crippen LogP contribution in [-0.2, 0) is 6.61 Å². The average molecular weight is 389 g/mol. The van der Waals surface area contributed by atoms with Gasteiger partial charge in [0.05, 0.1) is 0 Å². The van der Waals surface area contributed by atoms with Gasteiger partial charge in [-0.15, -0.1) is 10.2 Å². The quantitative estimate of drug-likeness (QED) is 0.642. The third kappa shape index (κ3) is 5.18. The van der Waals surface area contributed by atoms with E-state index >= 15 is 0 Å². The Bertz CT molecular complexity index is 892. The standard InChI is InChI=1S/C18H17ClN4O2S/c1-11-7-12(2)9-15(8-11)25-10-16-22-23-18(26-16)21-17(24)20-14-5-3-13(19)4-6-14/h3-9H,10H2,1-2H3,(H2,20,21,23,24). The number of nitrogens with zero attached hydrogens (tertiary/aromatic N) is 2. The Hall–Kier alpha value is -2.64. The lowest BCUT2D eigenvalue weighted by Crippen LogP contribution is -2.19. The molecule has 3 rings (SSSR count). The first-order chi connectivity index (χ1) is 12.5. The number of carbonyl (C=O) groups excluding carboxylic acids is 1. The number of amides is 2. The lowest BCUT2D eigenvalue weighted by molar-refractivity contribution is 0.262. The van der Waals surface area contributed by atoms with Gasteiger partial charge < -0.3 is 10.1 Å². The normalized spacial score (nSPS) is 10.4. The number of aryl methyl sites for hydroxylation is 2. The van der Waals surface area contributed by atoms with Gasteiger partial charge in [0.15, 0.2) is 5.01 Å². The van der Waals surface area contributed by atoms with E-state index in [1.54, 1.807) is 24.3 Å². The number of anilines is 2. The number of benzene rings is 2. The maximum Gasteiger partial charge on any atom is 0.325 e. The smallest absolute Gasteiger partial charge is 0.325 e. The number of rotatable bonds is 5. The molecule has 1 aromatic heterocycles.